The summed E-state index contributed by atoms with van der Waals surface area (Å²) in [6.07, 6.45) is 0. The largest absolute Gasteiger partial charge is 0.457 e. The first-order valence-electron chi connectivity index (χ1n) is 35.8. The van der Waals surface area contributed by atoms with Crippen molar-refractivity contribution in [2.24, 2.45) is 0 Å². The molecule has 105 heavy (non-hydrogen) atoms. The first kappa shape index (κ1) is 58.9. The third-order valence-corrected chi connectivity index (χ3v) is 22.3. The van der Waals surface area contributed by atoms with Crippen LogP contribution in [0.3, 0.4) is 0 Å². The van der Waals surface area contributed by atoms with Crippen LogP contribution in [0, 0.1) is 0 Å². The highest BCUT2D eigenvalue weighted by molar-refractivity contribution is 6.16. The number of para-hydroxylation sites is 7. The van der Waals surface area contributed by atoms with Crippen LogP contribution >= 0.6 is 0 Å². The van der Waals surface area contributed by atoms with E-state index in [-0.39, 0.29) is 0 Å². The van der Waals surface area contributed by atoms with E-state index in [1.54, 1.807) is 0 Å². The molecule has 19 aromatic rings. The predicted molar refractivity (Wildman–Crippen MR) is 424 cm³/mol. The Kier molecular flexibility index (Phi) is 12.8. The topological polar surface area (TPSA) is 64.4 Å². The van der Waals surface area contributed by atoms with Crippen LogP contribution in [0.25, 0.3) is 99.2 Å². The summed E-state index contributed by atoms with van der Waals surface area (Å²) in [7, 11) is 0. The first-order valence-corrected chi connectivity index (χ1v) is 35.8. The summed E-state index contributed by atoms with van der Waals surface area (Å²) in [5.41, 5.74) is 27.1. The molecule has 4 aliphatic rings. The minimum absolute atomic E-state index is 0.536. The molecule has 2 aliphatic heterocycles. The van der Waals surface area contributed by atoms with Gasteiger partial charge in [-0.3, -0.25) is 0 Å². The highest BCUT2D eigenvalue weighted by Crippen LogP contribution is 2.66. The van der Waals surface area contributed by atoms with Gasteiger partial charge in [0.2, 0.25) is 0 Å². The highest BCUT2D eigenvalue weighted by atomic mass is 16.5. The normalized spacial score (nSPS) is 13.4. The lowest BCUT2D eigenvalue weighted by molar-refractivity contribution is 0.436. The van der Waals surface area contributed by atoms with E-state index in [0.29, 0.717) is 0 Å². The van der Waals surface area contributed by atoms with Gasteiger partial charge in [0.15, 0.2) is 0 Å². The van der Waals surface area contributed by atoms with Crippen molar-refractivity contribution >= 4 is 99.9 Å². The lowest BCUT2D eigenvalue weighted by Gasteiger charge is -2.39. The molecule has 0 saturated carbocycles. The standard InChI is InChI=1S/C49H29NO3.C49H31NO2/c1-2-12-30(13-3-1)50(32-22-24-34-33-14-5-9-19-42(33)51-46(34)29-32)31-23-27-43-37(28-31)35-25-26-41-47(48(35)53-43)36-15-4-6-16-38(36)49(41)39-17-7-10-20-44(39)52-45-21-11-8-18-40(45)49;1-3-13-32(14-4-1)33-23-25-35(26-24-33)50(34-15-5-2-6-16-34)36-27-30-44-39(31-36)37-28-29-43-47(48(37)52-44)38-17-7-8-18-40(38)49(43)41-19-9-11-21-45(41)51-46-22-12-10-20-42(46)49/h1-29H;1-31H. The summed E-state index contributed by atoms with van der Waals surface area (Å²) in [5, 5.41) is 6.57. The molecule has 0 atom stereocenters. The van der Waals surface area contributed by atoms with Gasteiger partial charge in [0.05, 0.1) is 10.8 Å². The fraction of sp³-hybridized carbons (Fsp3) is 0.0204. The lowest BCUT2D eigenvalue weighted by Crippen LogP contribution is -2.32. The van der Waals surface area contributed by atoms with E-state index in [0.717, 1.165) is 156 Å². The molecule has 0 radical (unpaired) electrons. The number of fused-ring (bicyclic) bond motifs is 29. The zero-order valence-corrected chi connectivity index (χ0v) is 56.6. The van der Waals surface area contributed by atoms with Gasteiger partial charge in [0, 0.05) is 106 Å². The fourth-order valence-corrected chi connectivity index (χ4v) is 17.9. The van der Waals surface area contributed by atoms with Crippen LogP contribution in [-0.4, -0.2) is 0 Å². The monoisotopic (exact) mass is 1340 g/mol. The number of furan rings is 3. The van der Waals surface area contributed by atoms with E-state index in [4.69, 9.17) is 22.7 Å². The van der Waals surface area contributed by atoms with Crippen LogP contribution in [0.1, 0.15) is 44.5 Å². The van der Waals surface area contributed by atoms with Crippen LogP contribution < -0.4 is 19.3 Å². The second-order valence-electron chi connectivity index (χ2n) is 27.6. The second-order valence-corrected chi connectivity index (χ2v) is 27.6. The third-order valence-electron chi connectivity index (χ3n) is 22.3. The Labute approximate surface area is 604 Å². The number of rotatable bonds is 7. The van der Waals surface area contributed by atoms with Crippen LogP contribution in [0.2, 0.25) is 0 Å². The van der Waals surface area contributed by atoms with Crippen molar-refractivity contribution in [1.82, 2.24) is 0 Å². The molecule has 16 aromatic carbocycles. The summed E-state index contributed by atoms with van der Waals surface area (Å²) in [5.74, 6) is 3.53. The Balaban J connectivity index is 0.000000132. The van der Waals surface area contributed by atoms with E-state index in [9.17, 15) is 0 Å². The molecule has 7 nitrogen and oxygen atoms in total. The van der Waals surface area contributed by atoms with Crippen LogP contribution in [0.4, 0.5) is 34.1 Å². The molecule has 5 heterocycles. The summed E-state index contributed by atoms with van der Waals surface area (Å²) >= 11 is 0. The lowest BCUT2D eigenvalue weighted by atomic mass is 9.66. The third kappa shape index (κ3) is 8.55. The molecule has 0 saturated heterocycles. The van der Waals surface area contributed by atoms with E-state index >= 15 is 0 Å². The fourth-order valence-electron chi connectivity index (χ4n) is 17.9. The van der Waals surface area contributed by atoms with Crippen molar-refractivity contribution in [3.63, 3.8) is 0 Å². The van der Waals surface area contributed by atoms with Gasteiger partial charge in [-0.2, -0.15) is 0 Å². The van der Waals surface area contributed by atoms with Gasteiger partial charge in [-0.15, -0.1) is 0 Å². The smallest absolute Gasteiger partial charge is 0.143 e. The van der Waals surface area contributed by atoms with Crippen molar-refractivity contribution < 1.29 is 22.7 Å². The summed E-state index contributed by atoms with van der Waals surface area (Å²) < 4.78 is 33.3. The average molecular weight is 1350 g/mol. The van der Waals surface area contributed by atoms with Crippen molar-refractivity contribution in [3.8, 4) is 56.4 Å². The van der Waals surface area contributed by atoms with Crippen molar-refractivity contribution in [2.45, 2.75) is 10.8 Å². The number of hydrogen-bond donors (Lipinski definition) is 0. The van der Waals surface area contributed by atoms with Crippen LogP contribution in [0.15, 0.2) is 377 Å². The van der Waals surface area contributed by atoms with Crippen LogP contribution in [0.5, 0.6) is 23.0 Å². The minimum Gasteiger partial charge on any atom is -0.457 e. The van der Waals surface area contributed by atoms with Gasteiger partial charge in [-0.25, -0.2) is 0 Å². The molecule has 0 unspecified atom stereocenters. The number of ether oxygens (including phenoxy) is 2. The molecule has 0 amide bonds. The molecule has 0 bridgehead atoms. The molecule has 0 N–H and O–H groups in total. The molecule has 7 heteroatoms. The van der Waals surface area contributed by atoms with Gasteiger partial charge < -0.3 is 32.5 Å². The minimum atomic E-state index is -0.547. The number of hydrogen-bond acceptors (Lipinski definition) is 7. The van der Waals surface area contributed by atoms with Gasteiger partial charge in [-0.05, 0) is 160 Å². The van der Waals surface area contributed by atoms with Crippen molar-refractivity contribution in [3.05, 3.63) is 408 Å². The van der Waals surface area contributed by atoms with Gasteiger partial charge in [0.25, 0.3) is 0 Å². The molecular formula is C98H60N2O5. The van der Waals surface area contributed by atoms with Gasteiger partial charge in [-0.1, -0.05) is 243 Å². The predicted octanol–water partition coefficient (Wildman–Crippen LogP) is 26.6. The second kappa shape index (κ2) is 22.8. The molecule has 492 valence electrons. The molecule has 2 spiro atoms. The van der Waals surface area contributed by atoms with E-state index < -0.39 is 10.8 Å². The molecular weight excluding hydrogens is 1290 g/mol. The van der Waals surface area contributed by atoms with E-state index in [1.807, 2.05) is 12.1 Å². The number of benzene rings is 16. The number of anilines is 6. The first-order chi connectivity index (χ1) is 52.1. The summed E-state index contributed by atoms with van der Waals surface area (Å²) in [4.78, 5) is 4.61. The Bertz CT molecular complexity index is 6660. The average Bonchev–Trinajstić information content (AvgIpc) is 1.53. The SMILES string of the molecule is c1ccc(-c2ccc(N(c3ccccc3)c3ccc4oc5c6c(ccc5c4c3)C3(c4ccccc4Oc4ccccc43)c3ccccc3-6)cc2)cc1.c1ccc(N(c2ccc3c(c2)oc2ccccc23)c2ccc3oc4c5c(ccc4c3c2)C2(c3ccccc3Oc3ccccc32)c2ccccc2-5)cc1. The highest BCUT2D eigenvalue weighted by Gasteiger charge is 2.54. The molecule has 2 aliphatic carbocycles. The van der Waals surface area contributed by atoms with E-state index in [2.05, 4.69) is 362 Å². The van der Waals surface area contributed by atoms with Gasteiger partial charge >= 0.3 is 0 Å². The molecule has 0 fully saturated rings. The Morgan fingerprint density at radius 2 is 0.543 bits per heavy atom. The maximum atomic E-state index is 6.93. The molecule has 23 rings (SSSR count). The summed E-state index contributed by atoms with van der Waals surface area (Å²) in [6, 6.07) is 129. The van der Waals surface area contributed by atoms with Crippen molar-refractivity contribution in [2.75, 3.05) is 9.80 Å². The Morgan fingerprint density at radius 1 is 0.200 bits per heavy atom. The zero-order valence-electron chi connectivity index (χ0n) is 56.6. The van der Waals surface area contributed by atoms with Crippen LogP contribution in [-0.2, 0) is 10.8 Å². The van der Waals surface area contributed by atoms with Crippen molar-refractivity contribution in [1.29, 1.82) is 0 Å². The van der Waals surface area contributed by atoms with E-state index in [1.165, 1.54) is 44.5 Å². The summed E-state index contributed by atoms with van der Waals surface area (Å²) in [6.45, 7) is 0. The molecule has 3 aromatic heterocycles. The Morgan fingerprint density at radius 3 is 1.04 bits per heavy atom. The quantitative estimate of drug-likeness (QED) is 0.158. The zero-order chi connectivity index (χ0) is 68.9. The number of nitrogens with zero attached hydrogens (tertiary/aromatic N) is 2. The maximum absolute atomic E-state index is 6.93. The van der Waals surface area contributed by atoms with Gasteiger partial charge in [0.1, 0.15) is 56.5 Å². The Hall–Kier alpha value is -13.9. The maximum Gasteiger partial charge on any atom is 0.143 e.